The summed E-state index contributed by atoms with van der Waals surface area (Å²) in [4.78, 5) is 11.3. The molecule has 4 heteroatoms. The van der Waals surface area contributed by atoms with E-state index in [2.05, 4.69) is 5.10 Å². The van der Waals surface area contributed by atoms with Gasteiger partial charge in [-0.1, -0.05) is 0 Å². The first-order chi connectivity index (χ1) is 8.11. The molecule has 4 nitrogen and oxygen atoms in total. The third-order valence-electron chi connectivity index (χ3n) is 2.62. The molecule has 1 heterocycles. The van der Waals surface area contributed by atoms with E-state index in [1.165, 1.54) is 0 Å². The quantitative estimate of drug-likeness (QED) is 0.760. The lowest BCUT2D eigenvalue weighted by molar-refractivity contribution is 0.101. The van der Waals surface area contributed by atoms with Crippen molar-refractivity contribution in [2.75, 3.05) is 7.11 Å². The van der Waals surface area contributed by atoms with Gasteiger partial charge in [0.15, 0.2) is 5.78 Å². The molecular formula is C13H14N2O2. The minimum Gasteiger partial charge on any atom is -0.497 e. The second-order valence-electron chi connectivity index (χ2n) is 3.83. The minimum absolute atomic E-state index is 0.0299. The summed E-state index contributed by atoms with van der Waals surface area (Å²) < 4.78 is 6.79. The highest BCUT2D eigenvalue weighted by molar-refractivity contribution is 5.94. The van der Waals surface area contributed by atoms with Gasteiger partial charge in [0.05, 0.1) is 24.1 Å². The minimum atomic E-state index is 0.0299. The van der Waals surface area contributed by atoms with Crippen LogP contribution in [0.1, 0.15) is 23.0 Å². The maximum atomic E-state index is 11.3. The summed E-state index contributed by atoms with van der Waals surface area (Å²) in [5.74, 6) is 0.826. The van der Waals surface area contributed by atoms with Crippen LogP contribution in [0.15, 0.2) is 30.5 Å². The van der Waals surface area contributed by atoms with E-state index in [4.69, 9.17) is 4.74 Å². The second kappa shape index (κ2) is 4.41. The number of methoxy groups -OCH3 is 1. The molecule has 2 rings (SSSR count). The summed E-state index contributed by atoms with van der Waals surface area (Å²) in [5, 5.41) is 4.31. The summed E-state index contributed by atoms with van der Waals surface area (Å²) in [6, 6.07) is 7.52. The highest BCUT2D eigenvalue weighted by Crippen LogP contribution is 2.16. The Hall–Kier alpha value is -2.10. The van der Waals surface area contributed by atoms with E-state index in [0.717, 1.165) is 17.1 Å². The highest BCUT2D eigenvalue weighted by Gasteiger charge is 2.09. The van der Waals surface area contributed by atoms with Crippen LogP contribution < -0.4 is 4.74 Å². The van der Waals surface area contributed by atoms with Crippen molar-refractivity contribution in [1.82, 2.24) is 9.78 Å². The van der Waals surface area contributed by atoms with Crippen LogP contribution in [0, 0.1) is 6.92 Å². The topological polar surface area (TPSA) is 44.1 Å². The van der Waals surface area contributed by atoms with E-state index in [0.29, 0.717) is 5.56 Å². The molecular weight excluding hydrogens is 216 g/mol. The van der Waals surface area contributed by atoms with E-state index >= 15 is 0 Å². The number of carbonyl (C=O) groups is 1. The first-order valence-corrected chi connectivity index (χ1v) is 5.33. The SMILES string of the molecule is COc1ccc(-n2cc(C(C)=O)c(C)n2)cc1. The number of ether oxygens (including phenoxy) is 1. The molecule has 1 aromatic carbocycles. The summed E-state index contributed by atoms with van der Waals surface area (Å²) in [6.07, 6.45) is 1.75. The van der Waals surface area contributed by atoms with Crippen molar-refractivity contribution >= 4 is 5.78 Å². The van der Waals surface area contributed by atoms with Crippen molar-refractivity contribution < 1.29 is 9.53 Å². The predicted octanol–water partition coefficient (Wildman–Crippen LogP) is 2.39. The zero-order valence-corrected chi connectivity index (χ0v) is 10.1. The van der Waals surface area contributed by atoms with Crippen molar-refractivity contribution in [3.8, 4) is 11.4 Å². The summed E-state index contributed by atoms with van der Waals surface area (Å²) in [6.45, 7) is 3.37. The number of aryl methyl sites for hydroxylation is 1. The third-order valence-corrected chi connectivity index (χ3v) is 2.62. The largest absolute Gasteiger partial charge is 0.497 e. The van der Waals surface area contributed by atoms with E-state index in [9.17, 15) is 4.79 Å². The smallest absolute Gasteiger partial charge is 0.163 e. The zero-order valence-electron chi connectivity index (χ0n) is 10.1. The van der Waals surface area contributed by atoms with Crippen LogP contribution in [-0.2, 0) is 0 Å². The number of carbonyl (C=O) groups excluding carboxylic acids is 1. The van der Waals surface area contributed by atoms with Gasteiger partial charge in [-0.05, 0) is 38.1 Å². The van der Waals surface area contributed by atoms with Crippen LogP contribution in [0.5, 0.6) is 5.75 Å². The van der Waals surface area contributed by atoms with Gasteiger partial charge in [0.2, 0.25) is 0 Å². The van der Waals surface area contributed by atoms with Gasteiger partial charge in [0, 0.05) is 6.20 Å². The highest BCUT2D eigenvalue weighted by atomic mass is 16.5. The fourth-order valence-corrected chi connectivity index (χ4v) is 1.67. The Balaban J connectivity index is 2.39. The number of hydrogen-bond acceptors (Lipinski definition) is 3. The summed E-state index contributed by atoms with van der Waals surface area (Å²) in [7, 11) is 1.63. The standard InChI is InChI=1S/C13H14N2O2/c1-9-13(10(2)16)8-15(14-9)11-4-6-12(17-3)7-5-11/h4-8H,1-3H3. The lowest BCUT2D eigenvalue weighted by atomic mass is 10.2. The van der Waals surface area contributed by atoms with Crippen LogP contribution in [0.4, 0.5) is 0 Å². The van der Waals surface area contributed by atoms with Crippen molar-refractivity contribution in [1.29, 1.82) is 0 Å². The lowest BCUT2D eigenvalue weighted by Crippen LogP contribution is -1.94. The number of nitrogens with zero attached hydrogens (tertiary/aromatic N) is 2. The fraction of sp³-hybridized carbons (Fsp3) is 0.231. The molecule has 0 unspecified atom stereocenters. The molecule has 1 aromatic heterocycles. The van der Waals surface area contributed by atoms with Crippen LogP contribution >= 0.6 is 0 Å². The van der Waals surface area contributed by atoms with Gasteiger partial charge in [-0.25, -0.2) is 4.68 Å². The first-order valence-electron chi connectivity index (χ1n) is 5.33. The van der Waals surface area contributed by atoms with Crippen molar-refractivity contribution in [3.63, 3.8) is 0 Å². The molecule has 0 saturated carbocycles. The molecule has 0 aliphatic heterocycles. The van der Waals surface area contributed by atoms with Crippen LogP contribution in [-0.4, -0.2) is 22.7 Å². The number of ketones is 1. The van der Waals surface area contributed by atoms with Crippen molar-refractivity contribution in [3.05, 3.63) is 41.7 Å². The predicted molar refractivity (Wildman–Crippen MR) is 64.9 cm³/mol. The number of Topliss-reactive ketones (excluding diaryl/α,β-unsaturated/α-hetero) is 1. The Bertz CT molecular complexity index is 541. The Morgan fingerprint density at radius 3 is 2.41 bits per heavy atom. The lowest BCUT2D eigenvalue weighted by Gasteiger charge is -2.02. The molecule has 0 aliphatic carbocycles. The number of rotatable bonds is 3. The Morgan fingerprint density at radius 2 is 1.94 bits per heavy atom. The van der Waals surface area contributed by atoms with Gasteiger partial charge in [-0.15, -0.1) is 0 Å². The van der Waals surface area contributed by atoms with Crippen LogP contribution in [0.2, 0.25) is 0 Å². The molecule has 0 fully saturated rings. The molecule has 0 radical (unpaired) electrons. The molecule has 0 bridgehead atoms. The Kier molecular flexibility index (Phi) is 2.95. The van der Waals surface area contributed by atoms with E-state index < -0.39 is 0 Å². The molecule has 0 atom stereocenters. The van der Waals surface area contributed by atoms with Crippen molar-refractivity contribution in [2.24, 2.45) is 0 Å². The van der Waals surface area contributed by atoms with Gasteiger partial charge in [-0.3, -0.25) is 4.79 Å². The zero-order chi connectivity index (χ0) is 12.4. The second-order valence-corrected chi connectivity index (χ2v) is 3.83. The molecule has 0 aliphatic rings. The van der Waals surface area contributed by atoms with E-state index in [-0.39, 0.29) is 5.78 Å². The fourth-order valence-electron chi connectivity index (χ4n) is 1.67. The van der Waals surface area contributed by atoms with E-state index in [1.807, 2.05) is 31.2 Å². The van der Waals surface area contributed by atoms with Gasteiger partial charge < -0.3 is 4.74 Å². The maximum Gasteiger partial charge on any atom is 0.163 e. The number of benzene rings is 1. The average molecular weight is 230 g/mol. The normalized spacial score (nSPS) is 10.3. The van der Waals surface area contributed by atoms with E-state index in [1.54, 1.807) is 24.9 Å². The van der Waals surface area contributed by atoms with Crippen LogP contribution in [0.3, 0.4) is 0 Å². The number of hydrogen-bond donors (Lipinski definition) is 0. The first kappa shape index (κ1) is 11.4. The van der Waals surface area contributed by atoms with Gasteiger partial charge in [-0.2, -0.15) is 5.10 Å². The Labute approximate surface area is 99.8 Å². The van der Waals surface area contributed by atoms with Gasteiger partial charge in [0.25, 0.3) is 0 Å². The molecule has 0 N–H and O–H groups in total. The molecule has 0 saturated heterocycles. The molecule has 17 heavy (non-hydrogen) atoms. The third kappa shape index (κ3) is 2.20. The van der Waals surface area contributed by atoms with Gasteiger partial charge >= 0.3 is 0 Å². The summed E-state index contributed by atoms with van der Waals surface area (Å²) >= 11 is 0. The molecule has 88 valence electrons. The molecule has 0 spiro atoms. The van der Waals surface area contributed by atoms with Crippen LogP contribution in [0.25, 0.3) is 5.69 Å². The molecule has 2 aromatic rings. The van der Waals surface area contributed by atoms with Gasteiger partial charge in [0.1, 0.15) is 5.75 Å². The Morgan fingerprint density at radius 1 is 1.29 bits per heavy atom. The maximum absolute atomic E-state index is 11.3. The summed E-state index contributed by atoms with van der Waals surface area (Å²) in [5.41, 5.74) is 2.30. The monoisotopic (exact) mass is 230 g/mol. The average Bonchev–Trinajstić information content (AvgIpc) is 2.71. The number of aromatic nitrogens is 2. The van der Waals surface area contributed by atoms with Crippen molar-refractivity contribution in [2.45, 2.75) is 13.8 Å². The molecule has 0 amide bonds.